The predicted molar refractivity (Wildman–Crippen MR) is 141 cm³/mol. The van der Waals surface area contributed by atoms with Crippen molar-refractivity contribution in [2.75, 3.05) is 25.2 Å². The van der Waals surface area contributed by atoms with Crippen LogP contribution in [-0.4, -0.2) is 31.3 Å². The highest BCUT2D eigenvalue weighted by molar-refractivity contribution is 5.89. The van der Waals surface area contributed by atoms with E-state index in [1.54, 1.807) is 19.2 Å². The Morgan fingerprint density at radius 3 is 2.51 bits per heavy atom. The quantitative estimate of drug-likeness (QED) is 0.344. The molecule has 35 heavy (non-hydrogen) atoms. The Bertz CT molecular complexity index is 1170. The molecule has 1 fully saturated rings. The maximum absolute atomic E-state index is 11.6. The van der Waals surface area contributed by atoms with Crippen LogP contribution in [0.2, 0.25) is 0 Å². The molecule has 0 bridgehead atoms. The minimum absolute atomic E-state index is 0.431. The largest absolute Gasteiger partial charge is 0.478 e. The number of carboxylic acids is 1. The van der Waals surface area contributed by atoms with Crippen molar-refractivity contribution in [3.05, 3.63) is 94.5 Å². The third-order valence-corrected chi connectivity index (χ3v) is 7.66. The first-order chi connectivity index (χ1) is 17.1. The van der Waals surface area contributed by atoms with Crippen LogP contribution in [0.1, 0.15) is 76.6 Å². The van der Waals surface area contributed by atoms with E-state index in [2.05, 4.69) is 47.4 Å². The number of methoxy groups -OCH3 is 1. The van der Waals surface area contributed by atoms with Crippen molar-refractivity contribution in [3.63, 3.8) is 0 Å². The number of anilines is 2. The van der Waals surface area contributed by atoms with E-state index in [9.17, 15) is 9.90 Å². The molecule has 1 saturated carbocycles. The summed E-state index contributed by atoms with van der Waals surface area (Å²) in [6, 6.07) is 23.4. The van der Waals surface area contributed by atoms with Crippen LogP contribution in [0.5, 0.6) is 0 Å². The number of carbonyl (C=O) groups is 1. The molecule has 1 N–H and O–H groups in total. The number of hydrogen-bond acceptors (Lipinski definition) is 3. The van der Waals surface area contributed by atoms with E-state index >= 15 is 0 Å². The lowest BCUT2D eigenvalue weighted by Gasteiger charge is -2.30. The van der Waals surface area contributed by atoms with Crippen molar-refractivity contribution in [1.82, 2.24) is 0 Å². The summed E-state index contributed by atoms with van der Waals surface area (Å²) >= 11 is 0. The molecule has 1 atom stereocenters. The highest BCUT2D eigenvalue weighted by Gasteiger charge is 2.24. The molecule has 0 aliphatic heterocycles. The molecule has 0 spiro atoms. The van der Waals surface area contributed by atoms with Crippen LogP contribution >= 0.6 is 0 Å². The van der Waals surface area contributed by atoms with Gasteiger partial charge < -0.3 is 14.7 Å². The maximum Gasteiger partial charge on any atom is 0.335 e. The highest BCUT2D eigenvalue weighted by atomic mass is 16.5. The minimum Gasteiger partial charge on any atom is -0.478 e. The van der Waals surface area contributed by atoms with Crippen LogP contribution in [0.15, 0.2) is 66.7 Å². The summed E-state index contributed by atoms with van der Waals surface area (Å²) in [5.41, 5.74) is 8.12. The second-order valence-electron chi connectivity index (χ2n) is 9.98. The fraction of sp³-hybridized carbons (Fsp3) is 0.387. The lowest BCUT2D eigenvalue weighted by molar-refractivity contribution is 0.0695. The number of hydrogen-bond donors (Lipinski definition) is 1. The summed E-state index contributed by atoms with van der Waals surface area (Å²) in [6.45, 7) is 1.49. The molecule has 4 heteroatoms. The van der Waals surface area contributed by atoms with Crippen LogP contribution in [0.3, 0.4) is 0 Å². The van der Waals surface area contributed by atoms with E-state index in [1.165, 1.54) is 47.3 Å². The highest BCUT2D eigenvalue weighted by Crippen LogP contribution is 2.41. The van der Waals surface area contributed by atoms with Crippen LogP contribution in [0, 0.1) is 0 Å². The smallest absolute Gasteiger partial charge is 0.335 e. The normalized spacial score (nSPS) is 17.1. The zero-order valence-electron chi connectivity index (χ0n) is 20.6. The van der Waals surface area contributed by atoms with Crippen LogP contribution < -0.4 is 4.90 Å². The van der Waals surface area contributed by atoms with E-state index in [-0.39, 0.29) is 0 Å². The van der Waals surface area contributed by atoms with Gasteiger partial charge in [-0.25, -0.2) is 4.79 Å². The van der Waals surface area contributed by atoms with E-state index in [0.717, 1.165) is 43.7 Å². The monoisotopic (exact) mass is 469 g/mol. The van der Waals surface area contributed by atoms with Crippen LogP contribution in [-0.2, 0) is 17.6 Å². The lowest BCUT2D eigenvalue weighted by Crippen LogP contribution is -2.22. The summed E-state index contributed by atoms with van der Waals surface area (Å²) in [7, 11) is 1.76. The maximum atomic E-state index is 11.6. The molecule has 0 radical (unpaired) electrons. The van der Waals surface area contributed by atoms with Gasteiger partial charge in [-0.3, -0.25) is 0 Å². The molecular formula is C31H35NO3. The van der Waals surface area contributed by atoms with Gasteiger partial charge in [0.25, 0.3) is 0 Å². The Morgan fingerprint density at radius 1 is 1.00 bits per heavy atom. The van der Waals surface area contributed by atoms with Gasteiger partial charge in [0.1, 0.15) is 0 Å². The van der Waals surface area contributed by atoms with Gasteiger partial charge in [-0.2, -0.15) is 0 Å². The first-order valence-electron chi connectivity index (χ1n) is 12.9. The lowest BCUT2D eigenvalue weighted by atomic mass is 9.79. The Hall–Kier alpha value is -3.11. The molecule has 0 saturated heterocycles. The average Bonchev–Trinajstić information content (AvgIpc) is 3.74. The van der Waals surface area contributed by atoms with Gasteiger partial charge >= 0.3 is 5.97 Å². The van der Waals surface area contributed by atoms with E-state index < -0.39 is 5.97 Å². The fourth-order valence-electron chi connectivity index (χ4n) is 5.58. The van der Waals surface area contributed by atoms with Crippen molar-refractivity contribution in [3.8, 4) is 0 Å². The third kappa shape index (κ3) is 5.43. The minimum atomic E-state index is -0.837. The predicted octanol–water partition coefficient (Wildman–Crippen LogP) is 7.10. The Morgan fingerprint density at radius 2 is 1.77 bits per heavy atom. The summed E-state index contributed by atoms with van der Waals surface area (Å²) in [5, 5.41) is 9.53. The summed E-state index contributed by atoms with van der Waals surface area (Å²) in [6.07, 6.45) is 7.85. The number of carboxylic acid groups (broad SMARTS) is 1. The van der Waals surface area contributed by atoms with E-state index in [1.807, 2.05) is 12.1 Å². The summed E-state index contributed by atoms with van der Waals surface area (Å²) < 4.78 is 5.43. The van der Waals surface area contributed by atoms with E-state index in [0.29, 0.717) is 18.1 Å². The molecule has 3 aromatic rings. The molecule has 0 unspecified atom stereocenters. The number of rotatable bonds is 10. The number of aryl methyl sites for hydroxylation is 2. The zero-order chi connectivity index (χ0) is 24.2. The Balaban J connectivity index is 1.36. The molecule has 4 nitrogen and oxygen atoms in total. The molecule has 182 valence electrons. The van der Waals surface area contributed by atoms with Crippen molar-refractivity contribution >= 4 is 17.3 Å². The van der Waals surface area contributed by atoms with Crippen LogP contribution in [0.25, 0.3) is 0 Å². The second-order valence-corrected chi connectivity index (χ2v) is 9.98. The van der Waals surface area contributed by atoms with Gasteiger partial charge in [0.15, 0.2) is 0 Å². The standard InChI is InChI=1S/C31H35NO3/c1-35-20-19-32(27-15-13-23(14-16-27)22-9-10-22)28-17-18-29-24(6-4-7-26(29)21-28)11-12-25-5-2-3-8-30(25)31(33)34/h2-3,5,8,13-18,21-22,24H,4,6-7,9-12,19-20H2,1H3,(H,33,34)/t24-/m0/s1. The molecular weight excluding hydrogens is 434 g/mol. The van der Waals surface area contributed by atoms with Crippen molar-refractivity contribution in [1.29, 1.82) is 0 Å². The molecule has 0 amide bonds. The molecule has 0 aromatic heterocycles. The third-order valence-electron chi connectivity index (χ3n) is 7.66. The van der Waals surface area contributed by atoms with Gasteiger partial charge in [-0.15, -0.1) is 0 Å². The van der Waals surface area contributed by atoms with Gasteiger partial charge in [-0.05, 0) is 109 Å². The number of benzene rings is 3. The molecule has 5 rings (SSSR count). The van der Waals surface area contributed by atoms with E-state index in [4.69, 9.17) is 4.74 Å². The first kappa shape index (κ1) is 23.6. The summed E-state index contributed by atoms with van der Waals surface area (Å²) in [4.78, 5) is 14.0. The Labute approximate surface area is 208 Å². The van der Waals surface area contributed by atoms with Gasteiger partial charge in [0.2, 0.25) is 0 Å². The van der Waals surface area contributed by atoms with Crippen molar-refractivity contribution in [2.24, 2.45) is 0 Å². The second kappa shape index (κ2) is 10.7. The van der Waals surface area contributed by atoms with Gasteiger partial charge in [0.05, 0.1) is 12.2 Å². The fourth-order valence-corrected chi connectivity index (χ4v) is 5.58. The van der Waals surface area contributed by atoms with Crippen LogP contribution in [0.4, 0.5) is 11.4 Å². The average molecular weight is 470 g/mol. The number of aromatic carboxylic acids is 1. The Kier molecular flexibility index (Phi) is 7.19. The van der Waals surface area contributed by atoms with Gasteiger partial charge in [0, 0.05) is 25.0 Å². The molecule has 2 aliphatic rings. The topological polar surface area (TPSA) is 49.8 Å². The number of nitrogens with zero attached hydrogens (tertiary/aromatic N) is 1. The molecule has 2 aliphatic carbocycles. The number of ether oxygens (including phenoxy) is 1. The first-order valence-corrected chi connectivity index (χ1v) is 12.9. The van der Waals surface area contributed by atoms with Gasteiger partial charge in [-0.1, -0.05) is 36.4 Å². The van der Waals surface area contributed by atoms with Crippen molar-refractivity contribution < 1.29 is 14.6 Å². The summed E-state index contributed by atoms with van der Waals surface area (Å²) in [5.74, 6) is 0.398. The molecule has 3 aromatic carbocycles. The SMILES string of the molecule is COCCN(c1ccc(C2CC2)cc1)c1ccc2c(c1)CCC[C@H]2CCc1ccccc1C(=O)O. The van der Waals surface area contributed by atoms with Crippen molar-refractivity contribution in [2.45, 2.75) is 56.8 Å². The zero-order valence-corrected chi connectivity index (χ0v) is 20.6. The molecule has 0 heterocycles. The number of fused-ring (bicyclic) bond motifs is 1.